The average molecular weight is 508 g/mol. The predicted octanol–water partition coefficient (Wildman–Crippen LogP) is 2.95. The van der Waals surface area contributed by atoms with E-state index in [-0.39, 0.29) is 36.5 Å². The summed E-state index contributed by atoms with van der Waals surface area (Å²) in [5.74, 6) is 1.47. The van der Waals surface area contributed by atoms with Crippen molar-refractivity contribution >= 4 is 35.8 Å². The first-order chi connectivity index (χ1) is 13.7. The maximum Gasteiger partial charge on any atom is 0.257 e. The molecule has 0 saturated carbocycles. The SMILES string of the molecule is CCNC(=O)COc1cccc(CNC(=NC)N2CCc3ccccc3C2)c1.I. The van der Waals surface area contributed by atoms with E-state index >= 15 is 0 Å². The topological polar surface area (TPSA) is 66.0 Å². The molecule has 2 aromatic rings. The molecule has 2 N–H and O–H groups in total. The number of hydrogen-bond donors (Lipinski definition) is 2. The monoisotopic (exact) mass is 508 g/mol. The minimum Gasteiger partial charge on any atom is -0.484 e. The smallest absolute Gasteiger partial charge is 0.257 e. The number of likely N-dealkylation sites (N-methyl/N-ethyl adjacent to an activating group) is 1. The number of carbonyl (C=O) groups is 1. The van der Waals surface area contributed by atoms with E-state index in [0.717, 1.165) is 31.0 Å². The predicted molar refractivity (Wildman–Crippen MR) is 127 cm³/mol. The van der Waals surface area contributed by atoms with E-state index in [1.54, 1.807) is 0 Å². The number of benzene rings is 2. The molecule has 3 rings (SSSR count). The van der Waals surface area contributed by atoms with Gasteiger partial charge in [-0.2, -0.15) is 0 Å². The van der Waals surface area contributed by atoms with Crippen molar-refractivity contribution in [2.75, 3.05) is 26.7 Å². The van der Waals surface area contributed by atoms with Crippen LogP contribution in [0.25, 0.3) is 0 Å². The minimum atomic E-state index is -0.114. The maximum atomic E-state index is 11.5. The molecule has 0 spiro atoms. The lowest BCUT2D eigenvalue weighted by Crippen LogP contribution is -2.43. The quantitative estimate of drug-likeness (QED) is 0.358. The second-order valence-electron chi connectivity index (χ2n) is 6.73. The highest BCUT2D eigenvalue weighted by Gasteiger charge is 2.18. The molecule has 0 aromatic heterocycles. The van der Waals surface area contributed by atoms with Crippen LogP contribution in [-0.4, -0.2) is 43.5 Å². The van der Waals surface area contributed by atoms with E-state index in [4.69, 9.17) is 4.74 Å². The van der Waals surface area contributed by atoms with Crippen molar-refractivity contribution in [3.63, 3.8) is 0 Å². The summed E-state index contributed by atoms with van der Waals surface area (Å²) in [4.78, 5) is 18.3. The Morgan fingerprint density at radius 1 is 1.14 bits per heavy atom. The molecule has 1 aliphatic heterocycles. The first-order valence-electron chi connectivity index (χ1n) is 9.70. The molecule has 1 aliphatic rings. The Labute approximate surface area is 189 Å². The molecule has 156 valence electrons. The molecule has 0 atom stereocenters. The van der Waals surface area contributed by atoms with Gasteiger partial charge in [0.05, 0.1) is 0 Å². The van der Waals surface area contributed by atoms with E-state index in [0.29, 0.717) is 18.8 Å². The van der Waals surface area contributed by atoms with Crippen LogP contribution in [0, 0.1) is 0 Å². The molecular formula is C22H29IN4O2. The second-order valence-corrected chi connectivity index (χ2v) is 6.73. The molecule has 0 unspecified atom stereocenters. The number of hydrogen-bond acceptors (Lipinski definition) is 3. The van der Waals surface area contributed by atoms with Crippen LogP contribution in [0.5, 0.6) is 5.75 Å². The van der Waals surface area contributed by atoms with Gasteiger partial charge in [0.25, 0.3) is 5.91 Å². The number of fused-ring (bicyclic) bond motifs is 1. The molecule has 0 aliphatic carbocycles. The highest BCUT2D eigenvalue weighted by atomic mass is 127. The van der Waals surface area contributed by atoms with E-state index in [9.17, 15) is 4.79 Å². The summed E-state index contributed by atoms with van der Waals surface area (Å²) >= 11 is 0. The molecule has 1 amide bonds. The zero-order valence-corrected chi connectivity index (χ0v) is 19.3. The summed E-state index contributed by atoms with van der Waals surface area (Å²) in [5, 5.41) is 6.16. The van der Waals surface area contributed by atoms with Gasteiger partial charge in [0, 0.05) is 33.2 Å². The number of ether oxygens (including phenoxy) is 1. The largest absolute Gasteiger partial charge is 0.484 e. The van der Waals surface area contributed by atoms with Gasteiger partial charge >= 0.3 is 0 Å². The van der Waals surface area contributed by atoms with Gasteiger partial charge < -0.3 is 20.3 Å². The molecule has 6 nitrogen and oxygen atoms in total. The van der Waals surface area contributed by atoms with Gasteiger partial charge in [-0.3, -0.25) is 9.79 Å². The summed E-state index contributed by atoms with van der Waals surface area (Å²) in [6, 6.07) is 16.4. The van der Waals surface area contributed by atoms with Gasteiger partial charge in [0.1, 0.15) is 5.75 Å². The number of nitrogens with one attached hydrogen (secondary N) is 2. The number of carbonyl (C=O) groups excluding carboxylic acids is 1. The molecule has 0 bridgehead atoms. The van der Waals surface area contributed by atoms with E-state index in [1.807, 2.05) is 38.2 Å². The Kier molecular flexibility index (Phi) is 9.24. The summed E-state index contributed by atoms with van der Waals surface area (Å²) in [7, 11) is 1.81. The van der Waals surface area contributed by atoms with E-state index in [1.165, 1.54) is 11.1 Å². The normalized spacial score (nSPS) is 13.2. The van der Waals surface area contributed by atoms with Crippen LogP contribution in [0.3, 0.4) is 0 Å². The minimum absolute atomic E-state index is 0. The lowest BCUT2D eigenvalue weighted by molar-refractivity contribution is -0.122. The van der Waals surface area contributed by atoms with Crippen molar-refractivity contribution in [3.05, 3.63) is 65.2 Å². The Bertz CT molecular complexity index is 841. The highest BCUT2D eigenvalue weighted by molar-refractivity contribution is 14.0. The molecular weight excluding hydrogens is 479 g/mol. The third-order valence-corrected chi connectivity index (χ3v) is 4.73. The summed E-state index contributed by atoms with van der Waals surface area (Å²) in [6.07, 6.45) is 1.03. The third kappa shape index (κ3) is 6.62. The van der Waals surface area contributed by atoms with Crippen molar-refractivity contribution in [2.45, 2.75) is 26.4 Å². The maximum absolute atomic E-state index is 11.5. The zero-order chi connectivity index (χ0) is 19.8. The van der Waals surface area contributed by atoms with Crippen LogP contribution >= 0.6 is 24.0 Å². The van der Waals surface area contributed by atoms with Gasteiger partial charge in [0.2, 0.25) is 0 Å². The van der Waals surface area contributed by atoms with Crippen molar-refractivity contribution < 1.29 is 9.53 Å². The van der Waals surface area contributed by atoms with E-state index < -0.39 is 0 Å². The van der Waals surface area contributed by atoms with Gasteiger partial charge in [0.15, 0.2) is 12.6 Å². The molecule has 2 aromatic carbocycles. The summed E-state index contributed by atoms with van der Waals surface area (Å²) < 4.78 is 5.57. The molecule has 29 heavy (non-hydrogen) atoms. The highest BCUT2D eigenvalue weighted by Crippen LogP contribution is 2.19. The zero-order valence-electron chi connectivity index (χ0n) is 17.0. The molecule has 0 saturated heterocycles. The Balaban J connectivity index is 0.00000300. The molecule has 0 radical (unpaired) electrons. The van der Waals surface area contributed by atoms with Crippen LogP contribution in [-0.2, 0) is 24.3 Å². The van der Waals surface area contributed by atoms with Crippen molar-refractivity contribution in [1.82, 2.24) is 15.5 Å². The van der Waals surface area contributed by atoms with Crippen molar-refractivity contribution in [2.24, 2.45) is 4.99 Å². The Hall–Kier alpha value is -2.29. The van der Waals surface area contributed by atoms with E-state index in [2.05, 4.69) is 44.8 Å². The number of guanidine groups is 1. The van der Waals surface area contributed by atoms with Gasteiger partial charge in [-0.05, 0) is 42.2 Å². The fourth-order valence-electron chi connectivity index (χ4n) is 3.33. The lowest BCUT2D eigenvalue weighted by Gasteiger charge is -2.31. The summed E-state index contributed by atoms with van der Waals surface area (Å²) in [5.41, 5.74) is 3.86. The number of rotatable bonds is 6. The van der Waals surface area contributed by atoms with Gasteiger partial charge in [-0.25, -0.2) is 0 Å². The fraction of sp³-hybridized carbons (Fsp3) is 0.364. The summed E-state index contributed by atoms with van der Waals surface area (Å²) in [6.45, 7) is 4.98. The fourth-order valence-corrected chi connectivity index (χ4v) is 3.33. The molecule has 0 fully saturated rings. The average Bonchev–Trinajstić information content (AvgIpc) is 2.73. The Morgan fingerprint density at radius 2 is 1.93 bits per heavy atom. The molecule has 1 heterocycles. The number of nitrogens with zero attached hydrogens (tertiary/aromatic N) is 2. The van der Waals surface area contributed by atoms with Gasteiger partial charge in [-0.1, -0.05) is 36.4 Å². The van der Waals surface area contributed by atoms with Crippen LogP contribution < -0.4 is 15.4 Å². The Morgan fingerprint density at radius 3 is 2.69 bits per heavy atom. The van der Waals surface area contributed by atoms with Gasteiger partial charge in [-0.15, -0.1) is 24.0 Å². The molecule has 7 heteroatoms. The second kappa shape index (κ2) is 11.6. The first-order valence-corrected chi connectivity index (χ1v) is 9.70. The third-order valence-electron chi connectivity index (χ3n) is 4.73. The standard InChI is InChI=1S/C22H28N4O2.HI/c1-3-24-21(27)16-28-20-10-6-7-17(13-20)14-25-22(23-2)26-12-11-18-8-4-5-9-19(18)15-26;/h4-10,13H,3,11-12,14-16H2,1-2H3,(H,23,25)(H,24,27);1H. The lowest BCUT2D eigenvalue weighted by atomic mass is 10.0. The van der Waals surface area contributed by atoms with Crippen LogP contribution in [0.1, 0.15) is 23.6 Å². The van der Waals surface area contributed by atoms with Crippen molar-refractivity contribution in [3.8, 4) is 5.75 Å². The van der Waals surface area contributed by atoms with Crippen LogP contribution in [0.4, 0.5) is 0 Å². The number of aliphatic imine (C=N–C) groups is 1. The van der Waals surface area contributed by atoms with Crippen LogP contribution in [0.2, 0.25) is 0 Å². The van der Waals surface area contributed by atoms with Crippen LogP contribution in [0.15, 0.2) is 53.5 Å². The number of amides is 1. The number of halogens is 1. The van der Waals surface area contributed by atoms with Crippen molar-refractivity contribution in [1.29, 1.82) is 0 Å². The first kappa shape index (κ1) is 23.0.